The Hall–Kier alpha value is -3.41. The lowest BCUT2D eigenvalue weighted by atomic mass is 10.3. The van der Waals surface area contributed by atoms with Crippen LogP contribution in [-0.4, -0.2) is 16.0 Å². The van der Waals surface area contributed by atoms with E-state index in [1.165, 1.54) is 18.6 Å². The molecule has 3 rings (SSSR count). The van der Waals surface area contributed by atoms with Crippen molar-refractivity contribution in [1.29, 1.82) is 0 Å². The second-order valence-electron chi connectivity index (χ2n) is 4.61. The van der Waals surface area contributed by atoms with Crippen molar-refractivity contribution in [3.05, 3.63) is 73.2 Å². The van der Waals surface area contributed by atoms with E-state index < -0.39 is 0 Å². The SMILES string of the molecule is O=C(Nc1ccc(Oc2ccccc2)cc1)Nc1cnccn1. The number of benzene rings is 2. The summed E-state index contributed by atoms with van der Waals surface area (Å²) in [5, 5.41) is 5.30. The third-order valence-electron chi connectivity index (χ3n) is 2.90. The van der Waals surface area contributed by atoms with Gasteiger partial charge in [-0.2, -0.15) is 0 Å². The molecule has 2 N–H and O–H groups in total. The number of amides is 2. The van der Waals surface area contributed by atoms with Crippen molar-refractivity contribution in [1.82, 2.24) is 9.97 Å². The average molecular weight is 306 g/mol. The first-order chi connectivity index (χ1) is 11.3. The molecule has 0 saturated heterocycles. The number of rotatable bonds is 4. The monoisotopic (exact) mass is 306 g/mol. The van der Waals surface area contributed by atoms with Crippen LogP contribution in [0.1, 0.15) is 0 Å². The Kier molecular flexibility index (Phi) is 4.44. The van der Waals surface area contributed by atoms with Gasteiger partial charge < -0.3 is 10.1 Å². The van der Waals surface area contributed by atoms with Gasteiger partial charge in [0.1, 0.15) is 11.5 Å². The van der Waals surface area contributed by atoms with Gasteiger partial charge in [0.05, 0.1) is 6.20 Å². The van der Waals surface area contributed by atoms with Crippen molar-refractivity contribution in [2.24, 2.45) is 0 Å². The molecular weight excluding hydrogens is 292 g/mol. The number of carbonyl (C=O) groups is 1. The van der Waals surface area contributed by atoms with Crippen molar-refractivity contribution in [2.45, 2.75) is 0 Å². The zero-order valence-corrected chi connectivity index (χ0v) is 12.1. The Morgan fingerprint density at radius 3 is 2.30 bits per heavy atom. The minimum Gasteiger partial charge on any atom is -0.457 e. The molecule has 0 aliphatic rings. The largest absolute Gasteiger partial charge is 0.457 e. The molecule has 0 radical (unpaired) electrons. The van der Waals surface area contributed by atoms with Gasteiger partial charge in [-0.3, -0.25) is 10.3 Å². The Balaban J connectivity index is 1.58. The maximum Gasteiger partial charge on any atom is 0.324 e. The first-order valence-electron chi connectivity index (χ1n) is 6.96. The Morgan fingerprint density at radius 2 is 1.61 bits per heavy atom. The van der Waals surface area contributed by atoms with E-state index in [0.29, 0.717) is 17.3 Å². The Bertz CT molecular complexity index is 762. The summed E-state index contributed by atoms with van der Waals surface area (Å²) in [5.41, 5.74) is 0.645. The maximum absolute atomic E-state index is 11.8. The van der Waals surface area contributed by atoms with E-state index >= 15 is 0 Å². The molecule has 2 amide bonds. The van der Waals surface area contributed by atoms with Crippen molar-refractivity contribution in [3.8, 4) is 11.5 Å². The van der Waals surface area contributed by atoms with Crippen LogP contribution in [0.25, 0.3) is 0 Å². The number of hydrogen-bond donors (Lipinski definition) is 2. The number of nitrogens with one attached hydrogen (secondary N) is 2. The summed E-state index contributed by atoms with van der Waals surface area (Å²) < 4.78 is 5.69. The summed E-state index contributed by atoms with van der Waals surface area (Å²) in [6.45, 7) is 0. The molecule has 6 heteroatoms. The van der Waals surface area contributed by atoms with Gasteiger partial charge in [0, 0.05) is 18.1 Å². The summed E-state index contributed by atoms with van der Waals surface area (Å²) in [6, 6.07) is 16.2. The molecule has 114 valence electrons. The van der Waals surface area contributed by atoms with E-state index in [9.17, 15) is 4.79 Å². The quantitative estimate of drug-likeness (QED) is 0.766. The van der Waals surface area contributed by atoms with Crippen LogP contribution < -0.4 is 15.4 Å². The molecule has 0 spiro atoms. The lowest BCUT2D eigenvalue weighted by molar-refractivity contribution is 0.262. The fraction of sp³-hybridized carbons (Fsp3) is 0. The minimum atomic E-state index is -0.387. The Labute approximate surface area is 133 Å². The van der Waals surface area contributed by atoms with Crippen molar-refractivity contribution in [3.63, 3.8) is 0 Å². The van der Waals surface area contributed by atoms with E-state index in [1.807, 2.05) is 30.3 Å². The predicted molar refractivity (Wildman–Crippen MR) is 87.6 cm³/mol. The zero-order chi connectivity index (χ0) is 15.9. The van der Waals surface area contributed by atoms with Crippen LogP contribution in [-0.2, 0) is 0 Å². The summed E-state index contributed by atoms with van der Waals surface area (Å²) >= 11 is 0. The van der Waals surface area contributed by atoms with Crippen LogP contribution >= 0.6 is 0 Å². The molecule has 0 fully saturated rings. The minimum absolute atomic E-state index is 0.383. The third kappa shape index (κ3) is 4.28. The molecule has 1 heterocycles. The molecule has 0 saturated carbocycles. The van der Waals surface area contributed by atoms with E-state index in [1.54, 1.807) is 24.3 Å². The highest BCUT2D eigenvalue weighted by Gasteiger charge is 2.04. The first kappa shape index (κ1) is 14.5. The zero-order valence-electron chi connectivity index (χ0n) is 12.1. The van der Waals surface area contributed by atoms with E-state index in [0.717, 1.165) is 5.75 Å². The summed E-state index contributed by atoms with van der Waals surface area (Å²) in [4.78, 5) is 19.7. The normalized spacial score (nSPS) is 9.91. The fourth-order valence-electron chi connectivity index (χ4n) is 1.87. The highest BCUT2D eigenvalue weighted by atomic mass is 16.5. The molecular formula is C17H14N4O2. The van der Waals surface area contributed by atoms with Crippen molar-refractivity contribution < 1.29 is 9.53 Å². The summed E-state index contributed by atoms with van der Waals surface area (Å²) in [7, 11) is 0. The van der Waals surface area contributed by atoms with Gasteiger partial charge in [0.2, 0.25) is 0 Å². The number of carbonyl (C=O) groups excluding carboxylic acids is 1. The van der Waals surface area contributed by atoms with Crippen LogP contribution in [0.5, 0.6) is 11.5 Å². The number of anilines is 2. The molecule has 0 atom stereocenters. The third-order valence-corrected chi connectivity index (χ3v) is 2.90. The molecule has 2 aromatic carbocycles. The number of nitrogens with zero attached hydrogens (tertiary/aromatic N) is 2. The molecule has 6 nitrogen and oxygen atoms in total. The lowest BCUT2D eigenvalue weighted by Gasteiger charge is -2.08. The van der Waals surface area contributed by atoms with Crippen molar-refractivity contribution >= 4 is 17.5 Å². The lowest BCUT2D eigenvalue weighted by Crippen LogP contribution is -2.20. The number of urea groups is 1. The summed E-state index contributed by atoms with van der Waals surface area (Å²) in [6.07, 6.45) is 4.51. The van der Waals surface area contributed by atoms with Crippen LogP contribution in [0, 0.1) is 0 Å². The molecule has 0 bridgehead atoms. The fourth-order valence-corrected chi connectivity index (χ4v) is 1.87. The van der Waals surface area contributed by atoms with Gasteiger partial charge >= 0.3 is 6.03 Å². The first-order valence-corrected chi connectivity index (χ1v) is 6.96. The Morgan fingerprint density at radius 1 is 0.870 bits per heavy atom. The average Bonchev–Trinajstić information content (AvgIpc) is 2.58. The molecule has 0 aliphatic heterocycles. The van der Waals surface area contributed by atoms with Gasteiger partial charge in [-0.15, -0.1) is 0 Å². The molecule has 23 heavy (non-hydrogen) atoms. The van der Waals surface area contributed by atoms with Gasteiger partial charge in [-0.05, 0) is 36.4 Å². The predicted octanol–water partition coefficient (Wildman–Crippen LogP) is 3.91. The van der Waals surface area contributed by atoms with Gasteiger partial charge in [0.15, 0.2) is 5.82 Å². The van der Waals surface area contributed by atoms with E-state index in [2.05, 4.69) is 20.6 Å². The topological polar surface area (TPSA) is 76.1 Å². The van der Waals surface area contributed by atoms with Crippen LogP contribution in [0.4, 0.5) is 16.3 Å². The van der Waals surface area contributed by atoms with Crippen LogP contribution in [0.3, 0.4) is 0 Å². The standard InChI is InChI=1S/C17H14N4O2/c22-17(21-16-12-18-10-11-19-16)20-13-6-8-15(9-7-13)23-14-4-2-1-3-5-14/h1-12H,(H2,19,20,21,22). The highest BCUT2D eigenvalue weighted by Crippen LogP contribution is 2.22. The molecule has 1 aromatic heterocycles. The van der Waals surface area contributed by atoms with Crippen LogP contribution in [0.15, 0.2) is 73.2 Å². The second-order valence-corrected chi connectivity index (χ2v) is 4.61. The smallest absolute Gasteiger partial charge is 0.324 e. The number of para-hydroxylation sites is 1. The maximum atomic E-state index is 11.8. The van der Waals surface area contributed by atoms with Gasteiger partial charge in [-0.25, -0.2) is 9.78 Å². The van der Waals surface area contributed by atoms with E-state index in [4.69, 9.17) is 4.74 Å². The van der Waals surface area contributed by atoms with Gasteiger partial charge in [-0.1, -0.05) is 18.2 Å². The molecule has 3 aromatic rings. The summed E-state index contributed by atoms with van der Waals surface area (Å²) in [5.74, 6) is 1.83. The molecule has 0 aliphatic carbocycles. The van der Waals surface area contributed by atoms with E-state index in [-0.39, 0.29) is 6.03 Å². The van der Waals surface area contributed by atoms with Crippen LogP contribution in [0.2, 0.25) is 0 Å². The van der Waals surface area contributed by atoms with Crippen molar-refractivity contribution in [2.75, 3.05) is 10.6 Å². The van der Waals surface area contributed by atoms with Gasteiger partial charge in [0.25, 0.3) is 0 Å². The molecule has 0 unspecified atom stereocenters. The second kappa shape index (κ2) is 7.04. The highest BCUT2D eigenvalue weighted by molar-refractivity contribution is 5.99. The number of aromatic nitrogens is 2. The number of ether oxygens (including phenoxy) is 1. The number of hydrogen-bond acceptors (Lipinski definition) is 4.